The molecule has 0 unspecified atom stereocenters. The van der Waals surface area contributed by atoms with Crippen LogP contribution in [0.1, 0.15) is 5.56 Å². The van der Waals surface area contributed by atoms with Gasteiger partial charge in [-0.3, -0.25) is 4.72 Å². The predicted molar refractivity (Wildman–Crippen MR) is 101 cm³/mol. The quantitative estimate of drug-likeness (QED) is 0.371. The lowest BCUT2D eigenvalue weighted by atomic mass is 10.2. The summed E-state index contributed by atoms with van der Waals surface area (Å²) < 4.78 is 110. The second-order valence-electron chi connectivity index (χ2n) is 6.13. The number of hydrogen-bond donors (Lipinski definition) is 1. The summed E-state index contributed by atoms with van der Waals surface area (Å²) in [6, 6.07) is 3.99. The van der Waals surface area contributed by atoms with Crippen molar-refractivity contribution >= 4 is 26.5 Å². The molecular weight excluding hydrogens is 484 g/mol. The number of aromatic nitrogens is 3. The van der Waals surface area contributed by atoms with E-state index in [9.17, 15) is 33.9 Å². The third-order valence-electron chi connectivity index (χ3n) is 3.63. The smallest absolute Gasteiger partial charge is 0.486 e. The second-order valence-corrected chi connectivity index (χ2v) is 8.83. The lowest BCUT2D eigenvalue weighted by Gasteiger charge is -2.11. The Balaban J connectivity index is 1.76. The lowest BCUT2D eigenvalue weighted by Crippen LogP contribution is -2.11. The van der Waals surface area contributed by atoms with Gasteiger partial charge in [-0.05, 0) is 12.1 Å². The summed E-state index contributed by atoms with van der Waals surface area (Å²) in [6.45, 7) is -0.755. The Labute approximate surface area is 178 Å². The third-order valence-corrected chi connectivity index (χ3v) is 4.57. The fourth-order valence-electron chi connectivity index (χ4n) is 2.38. The average molecular weight is 496 g/mol. The van der Waals surface area contributed by atoms with E-state index in [4.69, 9.17) is 4.74 Å². The van der Waals surface area contributed by atoms with Gasteiger partial charge >= 0.3 is 10.5 Å². The first-order chi connectivity index (χ1) is 14.8. The molecule has 0 aliphatic rings. The number of halogens is 4. The van der Waals surface area contributed by atoms with Gasteiger partial charge in [0, 0.05) is 18.2 Å². The zero-order chi connectivity index (χ0) is 23.7. The van der Waals surface area contributed by atoms with Gasteiger partial charge in [0.1, 0.15) is 30.3 Å². The summed E-state index contributed by atoms with van der Waals surface area (Å²) in [6.07, 6.45) is 1.89. The number of nitrogens with one attached hydrogen (secondary N) is 1. The molecule has 0 amide bonds. The summed E-state index contributed by atoms with van der Waals surface area (Å²) in [5.74, 6) is -4.84. The van der Waals surface area contributed by atoms with Gasteiger partial charge in [-0.15, -0.1) is 5.10 Å². The van der Waals surface area contributed by atoms with Gasteiger partial charge in [-0.1, -0.05) is 3.89 Å². The fraction of sp³-hybridized carbons (Fsp3) is 0.125. The molecule has 1 aromatic heterocycles. The van der Waals surface area contributed by atoms with E-state index in [0.717, 1.165) is 41.5 Å². The van der Waals surface area contributed by atoms with Crippen LogP contribution in [0.5, 0.6) is 11.5 Å². The number of sulfonamides is 1. The molecule has 2 aromatic carbocycles. The zero-order valence-electron chi connectivity index (χ0n) is 15.8. The molecule has 0 saturated carbocycles. The monoisotopic (exact) mass is 496 g/mol. The van der Waals surface area contributed by atoms with Crippen LogP contribution in [0.3, 0.4) is 0 Å². The highest BCUT2D eigenvalue weighted by molar-refractivity contribution is 7.92. The maximum Gasteiger partial charge on any atom is 0.488 e. The minimum absolute atomic E-state index is 0.127. The van der Waals surface area contributed by atoms with Gasteiger partial charge in [0.25, 0.3) is 5.95 Å². The molecular formula is C16H12F4N4O6S2. The highest BCUT2D eigenvalue weighted by Crippen LogP contribution is 2.26. The molecule has 16 heteroatoms. The third kappa shape index (κ3) is 6.07. The SMILES string of the molecule is CS(=O)(=O)Nc1ncn(-c2cc(F)c(COc3ccc(OS(=O)(=O)F)cc3F)c(F)c2)n1. The summed E-state index contributed by atoms with van der Waals surface area (Å²) in [7, 11) is -9.02. The molecule has 10 nitrogen and oxygen atoms in total. The molecule has 32 heavy (non-hydrogen) atoms. The van der Waals surface area contributed by atoms with Crippen molar-refractivity contribution in [1.29, 1.82) is 0 Å². The van der Waals surface area contributed by atoms with E-state index in [0.29, 0.717) is 6.07 Å². The Hall–Kier alpha value is -3.40. The van der Waals surface area contributed by atoms with E-state index in [1.54, 1.807) is 0 Å². The van der Waals surface area contributed by atoms with Crippen molar-refractivity contribution in [2.24, 2.45) is 0 Å². The number of hydrogen-bond acceptors (Lipinski definition) is 8. The number of ether oxygens (including phenoxy) is 1. The maximum absolute atomic E-state index is 14.4. The summed E-state index contributed by atoms with van der Waals surface area (Å²) in [4.78, 5) is 3.65. The van der Waals surface area contributed by atoms with Crippen molar-refractivity contribution in [3.63, 3.8) is 0 Å². The van der Waals surface area contributed by atoms with Crippen LogP contribution < -0.4 is 13.6 Å². The Kier molecular flexibility index (Phi) is 6.27. The molecule has 0 radical (unpaired) electrons. The molecule has 3 rings (SSSR count). The number of nitrogens with zero attached hydrogens (tertiary/aromatic N) is 3. The lowest BCUT2D eigenvalue weighted by molar-refractivity contribution is 0.278. The van der Waals surface area contributed by atoms with E-state index < -0.39 is 61.6 Å². The highest BCUT2D eigenvalue weighted by Gasteiger charge is 2.17. The summed E-state index contributed by atoms with van der Waals surface area (Å²) >= 11 is 0. The first-order valence-electron chi connectivity index (χ1n) is 8.25. The van der Waals surface area contributed by atoms with Crippen LogP contribution in [0.15, 0.2) is 36.7 Å². The van der Waals surface area contributed by atoms with Gasteiger partial charge in [0.15, 0.2) is 11.6 Å². The molecule has 0 aliphatic carbocycles. The van der Waals surface area contributed by atoms with Crippen molar-refractivity contribution in [2.75, 3.05) is 11.0 Å². The average Bonchev–Trinajstić information content (AvgIpc) is 3.07. The number of anilines is 1. The molecule has 0 atom stereocenters. The fourth-order valence-corrected chi connectivity index (χ4v) is 3.13. The van der Waals surface area contributed by atoms with E-state index >= 15 is 0 Å². The molecule has 172 valence electrons. The van der Waals surface area contributed by atoms with Gasteiger partial charge in [-0.2, -0.15) is 13.4 Å². The van der Waals surface area contributed by atoms with Crippen molar-refractivity contribution in [1.82, 2.24) is 14.8 Å². The van der Waals surface area contributed by atoms with Gasteiger partial charge in [0.05, 0.1) is 17.5 Å². The molecule has 0 bridgehead atoms. The first-order valence-corrected chi connectivity index (χ1v) is 11.4. The first kappa shape index (κ1) is 23.3. The van der Waals surface area contributed by atoms with Crippen LogP contribution in [0.2, 0.25) is 0 Å². The van der Waals surface area contributed by atoms with Crippen LogP contribution in [-0.4, -0.2) is 37.9 Å². The van der Waals surface area contributed by atoms with Crippen LogP contribution in [0.4, 0.5) is 23.0 Å². The van der Waals surface area contributed by atoms with Crippen molar-refractivity contribution in [3.8, 4) is 17.2 Å². The molecule has 3 aromatic rings. The van der Waals surface area contributed by atoms with Crippen molar-refractivity contribution < 1.29 is 42.8 Å². The van der Waals surface area contributed by atoms with Crippen molar-refractivity contribution in [3.05, 3.63) is 59.7 Å². The number of rotatable bonds is 8. The minimum Gasteiger partial charge on any atom is -0.486 e. The molecule has 0 saturated heterocycles. The Morgan fingerprint density at radius 2 is 1.69 bits per heavy atom. The second kappa shape index (κ2) is 8.62. The summed E-state index contributed by atoms with van der Waals surface area (Å²) in [5.41, 5.74) is -0.702. The van der Waals surface area contributed by atoms with Crippen LogP contribution in [0, 0.1) is 17.5 Å². The Morgan fingerprint density at radius 1 is 1.03 bits per heavy atom. The highest BCUT2D eigenvalue weighted by atomic mass is 32.3. The normalized spacial score (nSPS) is 11.9. The molecule has 0 aliphatic heterocycles. The molecule has 0 spiro atoms. The van der Waals surface area contributed by atoms with Crippen LogP contribution in [0.25, 0.3) is 5.69 Å². The maximum atomic E-state index is 14.4. The van der Waals surface area contributed by atoms with E-state index in [2.05, 4.69) is 14.3 Å². The van der Waals surface area contributed by atoms with E-state index in [1.807, 2.05) is 4.72 Å². The molecule has 1 N–H and O–H groups in total. The zero-order valence-corrected chi connectivity index (χ0v) is 17.4. The van der Waals surface area contributed by atoms with Crippen molar-refractivity contribution in [2.45, 2.75) is 6.61 Å². The standard InChI is InChI=1S/C16H12F4N4O6S2/c1-31(25,26)23-16-21-8-24(22-16)9-4-12(17)11(13(18)5-9)7-29-15-3-2-10(6-14(15)19)30-32(20,27)28/h2-6,8H,7H2,1H3,(H,22,23). The predicted octanol–water partition coefficient (Wildman–Crippen LogP) is 2.23. The van der Waals surface area contributed by atoms with E-state index in [1.165, 1.54) is 0 Å². The van der Waals surface area contributed by atoms with Crippen LogP contribution in [-0.2, 0) is 27.1 Å². The minimum atomic E-state index is -5.36. The van der Waals surface area contributed by atoms with Gasteiger partial charge in [0.2, 0.25) is 10.0 Å². The molecule has 0 fully saturated rings. The Morgan fingerprint density at radius 3 is 2.25 bits per heavy atom. The van der Waals surface area contributed by atoms with Crippen LogP contribution >= 0.6 is 0 Å². The van der Waals surface area contributed by atoms with Gasteiger partial charge < -0.3 is 8.92 Å². The van der Waals surface area contributed by atoms with Gasteiger partial charge in [-0.25, -0.2) is 26.3 Å². The van der Waals surface area contributed by atoms with E-state index in [-0.39, 0.29) is 11.6 Å². The topological polar surface area (TPSA) is 129 Å². The number of benzene rings is 2. The Bertz CT molecular complexity index is 1360. The largest absolute Gasteiger partial charge is 0.488 e. The summed E-state index contributed by atoms with van der Waals surface area (Å²) in [5, 5.41) is 3.74. The molecule has 1 heterocycles.